The molecule has 0 aliphatic carbocycles. The molecule has 2 heterocycles. The number of benzene rings is 2. The standard InChI is InChI=1S/C24H26FN3O3/c1-2-3-12-21(29)26-22-17-8-4-7-11-20(17)31-23(22)24(30)28-15-13-27(14-16-28)19-10-6-5-9-18(19)25/h4-11H,2-3,12-16H2,1H3,(H,26,29). The lowest BCUT2D eigenvalue weighted by atomic mass is 10.1. The maximum atomic E-state index is 14.1. The molecule has 6 nitrogen and oxygen atoms in total. The second-order valence-electron chi connectivity index (χ2n) is 7.68. The van der Waals surface area contributed by atoms with Gasteiger partial charge in [-0.3, -0.25) is 9.59 Å². The third-order valence-electron chi connectivity index (χ3n) is 5.57. The van der Waals surface area contributed by atoms with E-state index in [4.69, 9.17) is 4.42 Å². The van der Waals surface area contributed by atoms with Crippen LogP contribution in [-0.4, -0.2) is 42.9 Å². The average Bonchev–Trinajstić information content (AvgIpc) is 3.16. The highest BCUT2D eigenvalue weighted by molar-refractivity contribution is 6.10. The molecule has 3 aromatic rings. The number of rotatable bonds is 6. The number of carbonyl (C=O) groups excluding carboxylic acids is 2. The van der Waals surface area contributed by atoms with E-state index < -0.39 is 0 Å². The maximum Gasteiger partial charge on any atom is 0.291 e. The molecule has 2 aromatic carbocycles. The third-order valence-corrected chi connectivity index (χ3v) is 5.57. The maximum absolute atomic E-state index is 14.1. The number of halogens is 1. The van der Waals surface area contributed by atoms with Crippen molar-refractivity contribution >= 4 is 34.2 Å². The van der Waals surface area contributed by atoms with Gasteiger partial charge in [0.05, 0.1) is 5.69 Å². The van der Waals surface area contributed by atoms with Crippen molar-refractivity contribution in [3.8, 4) is 0 Å². The second kappa shape index (κ2) is 9.20. The molecule has 7 heteroatoms. The Labute approximate surface area is 180 Å². The van der Waals surface area contributed by atoms with Crippen LogP contribution in [-0.2, 0) is 4.79 Å². The van der Waals surface area contributed by atoms with E-state index in [-0.39, 0.29) is 23.4 Å². The van der Waals surface area contributed by atoms with Gasteiger partial charge in [-0.2, -0.15) is 0 Å². The normalized spacial score (nSPS) is 14.1. The SMILES string of the molecule is CCCCC(=O)Nc1c(C(=O)N2CCN(c3ccccc3F)CC2)oc2ccccc12. The van der Waals surface area contributed by atoms with Crippen LogP contribution in [0.4, 0.5) is 15.8 Å². The molecule has 4 rings (SSSR count). The van der Waals surface area contributed by atoms with Gasteiger partial charge in [0.1, 0.15) is 17.1 Å². The quantitative estimate of drug-likeness (QED) is 0.626. The lowest BCUT2D eigenvalue weighted by Gasteiger charge is -2.35. The third kappa shape index (κ3) is 4.40. The van der Waals surface area contributed by atoms with E-state index in [2.05, 4.69) is 5.32 Å². The number of piperazine rings is 1. The fraction of sp³-hybridized carbons (Fsp3) is 0.333. The molecule has 1 N–H and O–H groups in total. The van der Waals surface area contributed by atoms with Crippen LogP contribution >= 0.6 is 0 Å². The van der Waals surface area contributed by atoms with Gasteiger partial charge in [0.15, 0.2) is 0 Å². The van der Waals surface area contributed by atoms with E-state index in [1.807, 2.05) is 30.0 Å². The summed E-state index contributed by atoms with van der Waals surface area (Å²) in [7, 11) is 0. The molecule has 0 unspecified atom stereocenters. The highest BCUT2D eigenvalue weighted by atomic mass is 19.1. The van der Waals surface area contributed by atoms with Crippen molar-refractivity contribution in [3.63, 3.8) is 0 Å². The van der Waals surface area contributed by atoms with Gasteiger partial charge in [-0.1, -0.05) is 37.6 Å². The van der Waals surface area contributed by atoms with Crippen LogP contribution in [0.15, 0.2) is 52.9 Å². The second-order valence-corrected chi connectivity index (χ2v) is 7.68. The average molecular weight is 423 g/mol. The topological polar surface area (TPSA) is 65.8 Å². The minimum absolute atomic E-state index is 0.133. The largest absolute Gasteiger partial charge is 0.449 e. The van der Waals surface area contributed by atoms with Crippen LogP contribution in [0.5, 0.6) is 0 Å². The lowest BCUT2D eigenvalue weighted by molar-refractivity contribution is -0.116. The number of fused-ring (bicyclic) bond motifs is 1. The van der Waals surface area contributed by atoms with Gasteiger partial charge in [0.2, 0.25) is 11.7 Å². The van der Waals surface area contributed by atoms with E-state index in [0.29, 0.717) is 54.9 Å². The molecule has 1 fully saturated rings. The number of amides is 2. The van der Waals surface area contributed by atoms with Crippen molar-refractivity contribution < 1.29 is 18.4 Å². The number of unbranched alkanes of at least 4 members (excludes halogenated alkanes) is 1. The Kier molecular flexibility index (Phi) is 6.21. The first kappa shape index (κ1) is 20.9. The number of hydrogen-bond donors (Lipinski definition) is 1. The summed E-state index contributed by atoms with van der Waals surface area (Å²) in [5, 5.41) is 3.60. The zero-order valence-corrected chi connectivity index (χ0v) is 17.6. The van der Waals surface area contributed by atoms with Crippen molar-refractivity contribution in [1.82, 2.24) is 4.90 Å². The first-order valence-corrected chi connectivity index (χ1v) is 10.7. The molecule has 1 aliphatic rings. The molecule has 31 heavy (non-hydrogen) atoms. The zero-order chi connectivity index (χ0) is 21.8. The van der Waals surface area contributed by atoms with Crippen molar-refractivity contribution in [2.24, 2.45) is 0 Å². The van der Waals surface area contributed by atoms with E-state index in [1.165, 1.54) is 6.07 Å². The lowest BCUT2D eigenvalue weighted by Crippen LogP contribution is -2.49. The molecule has 0 radical (unpaired) electrons. The number of nitrogens with one attached hydrogen (secondary N) is 1. The number of furan rings is 1. The van der Waals surface area contributed by atoms with Gasteiger partial charge in [-0.05, 0) is 30.7 Å². The monoisotopic (exact) mass is 423 g/mol. The number of para-hydroxylation sites is 2. The number of nitrogens with zero attached hydrogens (tertiary/aromatic N) is 2. The minimum atomic E-state index is -0.268. The summed E-state index contributed by atoms with van der Waals surface area (Å²) in [6.07, 6.45) is 2.09. The minimum Gasteiger partial charge on any atom is -0.449 e. The Hall–Kier alpha value is -3.35. The molecular weight excluding hydrogens is 397 g/mol. The summed E-state index contributed by atoms with van der Waals surface area (Å²) in [5.41, 5.74) is 1.53. The Bertz CT molecular complexity index is 1090. The Morgan fingerprint density at radius 1 is 1.03 bits per heavy atom. The van der Waals surface area contributed by atoms with Crippen molar-refractivity contribution in [3.05, 3.63) is 60.1 Å². The smallest absolute Gasteiger partial charge is 0.291 e. The fourth-order valence-electron chi connectivity index (χ4n) is 3.86. The van der Waals surface area contributed by atoms with Crippen LogP contribution in [0.1, 0.15) is 36.7 Å². The molecule has 0 bridgehead atoms. The number of anilines is 2. The van der Waals surface area contributed by atoms with Crippen LogP contribution in [0.3, 0.4) is 0 Å². The molecule has 1 aliphatic heterocycles. The summed E-state index contributed by atoms with van der Waals surface area (Å²) < 4.78 is 20.0. The summed E-state index contributed by atoms with van der Waals surface area (Å²) in [4.78, 5) is 29.3. The summed E-state index contributed by atoms with van der Waals surface area (Å²) in [6.45, 7) is 3.94. The number of carbonyl (C=O) groups is 2. The molecule has 0 atom stereocenters. The highest BCUT2D eigenvalue weighted by Gasteiger charge is 2.29. The zero-order valence-electron chi connectivity index (χ0n) is 17.6. The van der Waals surface area contributed by atoms with Crippen LogP contribution < -0.4 is 10.2 Å². The Balaban J connectivity index is 1.53. The molecule has 1 saturated heterocycles. The fourth-order valence-corrected chi connectivity index (χ4v) is 3.86. The van der Waals surface area contributed by atoms with E-state index in [0.717, 1.165) is 12.8 Å². The van der Waals surface area contributed by atoms with Gasteiger partial charge >= 0.3 is 0 Å². The molecule has 2 amide bonds. The Morgan fingerprint density at radius 2 is 1.74 bits per heavy atom. The highest BCUT2D eigenvalue weighted by Crippen LogP contribution is 2.32. The molecular formula is C24H26FN3O3. The van der Waals surface area contributed by atoms with E-state index >= 15 is 0 Å². The van der Waals surface area contributed by atoms with Crippen molar-refractivity contribution in [1.29, 1.82) is 0 Å². The van der Waals surface area contributed by atoms with E-state index in [1.54, 1.807) is 29.2 Å². The molecule has 0 saturated carbocycles. The van der Waals surface area contributed by atoms with Gasteiger partial charge in [0, 0.05) is 38.0 Å². The van der Waals surface area contributed by atoms with Crippen LogP contribution in [0.2, 0.25) is 0 Å². The first-order chi connectivity index (χ1) is 15.1. The molecule has 0 spiro atoms. The van der Waals surface area contributed by atoms with Crippen LogP contribution in [0.25, 0.3) is 11.0 Å². The predicted molar refractivity (Wildman–Crippen MR) is 119 cm³/mol. The molecule has 162 valence electrons. The van der Waals surface area contributed by atoms with Crippen LogP contribution in [0, 0.1) is 5.82 Å². The van der Waals surface area contributed by atoms with Crippen molar-refractivity contribution in [2.75, 3.05) is 36.4 Å². The first-order valence-electron chi connectivity index (χ1n) is 10.7. The number of hydrogen-bond acceptors (Lipinski definition) is 4. The van der Waals surface area contributed by atoms with Gasteiger partial charge in [-0.25, -0.2) is 4.39 Å². The summed E-state index contributed by atoms with van der Waals surface area (Å²) in [6, 6.07) is 13.9. The van der Waals surface area contributed by atoms with Gasteiger partial charge < -0.3 is 19.5 Å². The summed E-state index contributed by atoms with van der Waals surface area (Å²) >= 11 is 0. The van der Waals surface area contributed by atoms with Crippen molar-refractivity contribution in [2.45, 2.75) is 26.2 Å². The van der Waals surface area contributed by atoms with E-state index in [9.17, 15) is 14.0 Å². The molecule has 1 aromatic heterocycles. The Morgan fingerprint density at radius 3 is 2.48 bits per heavy atom. The van der Waals surface area contributed by atoms with Gasteiger partial charge in [-0.15, -0.1) is 0 Å². The van der Waals surface area contributed by atoms with Gasteiger partial charge in [0.25, 0.3) is 5.91 Å². The summed E-state index contributed by atoms with van der Waals surface area (Å²) in [5.74, 6) is -0.524. The predicted octanol–water partition coefficient (Wildman–Crippen LogP) is 4.66.